The van der Waals surface area contributed by atoms with Gasteiger partial charge >= 0.3 is 12.1 Å². The van der Waals surface area contributed by atoms with Gasteiger partial charge in [0.05, 0.1) is 11.3 Å². The van der Waals surface area contributed by atoms with Gasteiger partial charge in [0.25, 0.3) is 5.69 Å². The van der Waals surface area contributed by atoms with E-state index in [4.69, 9.17) is 9.84 Å². The molecule has 1 heterocycles. The van der Waals surface area contributed by atoms with Crippen LogP contribution in [0.3, 0.4) is 0 Å². The normalized spacial score (nSPS) is 16.8. The fraction of sp³-hybridized carbons (Fsp3) is 0.474. The highest BCUT2D eigenvalue weighted by molar-refractivity contribution is 5.94. The zero-order valence-corrected chi connectivity index (χ0v) is 16.5. The van der Waals surface area contributed by atoms with Gasteiger partial charge in [-0.05, 0) is 24.8 Å². The number of piperidine rings is 1. The molecule has 1 fully saturated rings. The number of non-ortho nitro benzene ring substituents is 1. The standard InChI is InChI=1S/C19H22FN3O8/c20-10-16(24)14(9-17(25)26)21-18(27)15-6-1-2-7-22(15)19(28)31-11-12-4-3-5-13(8-12)23(29)30/h3-5,8,14-15H,1-2,6-7,9-11H2,(H,21,27)(H,25,26)/t14-,15-/m0/s1. The molecule has 0 spiro atoms. The Labute approximate surface area is 176 Å². The number of hydrogen-bond acceptors (Lipinski definition) is 7. The third-order valence-electron chi connectivity index (χ3n) is 4.74. The number of hydrogen-bond donors (Lipinski definition) is 2. The summed E-state index contributed by atoms with van der Waals surface area (Å²) in [5, 5.41) is 21.9. The second-order valence-corrected chi connectivity index (χ2v) is 6.95. The van der Waals surface area contributed by atoms with Crippen LogP contribution in [0.5, 0.6) is 0 Å². The monoisotopic (exact) mass is 439 g/mol. The minimum atomic E-state index is -1.54. The molecule has 11 nitrogen and oxygen atoms in total. The van der Waals surface area contributed by atoms with Crippen LogP contribution in [0, 0.1) is 10.1 Å². The van der Waals surface area contributed by atoms with Gasteiger partial charge in [-0.15, -0.1) is 0 Å². The Hall–Kier alpha value is -3.57. The zero-order valence-electron chi connectivity index (χ0n) is 16.5. The number of likely N-dealkylation sites (tertiary alicyclic amines) is 1. The lowest BCUT2D eigenvalue weighted by molar-refractivity contribution is -0.384. The van der Waals surface area contributed by atoms with Crippen molar-refractivity contribution in [2.45, 2.75) is 44.4 Å². The number of nitro groups is 1. The maximum Gasteiger partial charge on any atom is 0.410 e. The molecule has 168 valence electrons. The topological polar surface area (TPSA) is 156 Å². The molecule has 0 bridgehead atoms. The van der Waals surface area contributed by atoms with Crippen molar-refractivity contribution in [3.63, 3.8) is 0 Å². The average molecular weight is 439 g/mol. The number of aliphatic carboxylic acids is 1. The predicted molar refractivity (Wildman–Crippen MR) is 103 cm³/mol. The van der Waals surface area contributed by atoms with Crippen LogP contribution in [-0.2, 0) is 25.7 Å². The number of carbonyl (C=O) groups excluding carboxylic acids is 3. The van der Waals surface area contributed by atoms with Gasteiger partial charge in [0.15, 0.2) is 5.78 Å². The van der Waals surface area contributed by atoms with E-state index in [0.29, 0.717) is 18.4 Å². The number of carboxylic acid groups (broad SMARTS) is 1. The maximum absolute atomic E-state index is 12.7. The Balaban J connectivity index is 2.04. The molecule has 2 amide bonds. The quantitative estimate of drug-likeness (QED) is 0.434. The Morgan fingerprint density at radius 1 is 1.32 bits per heavy atom. The number of carbonyl (C=O) groups is 4. The highest BCUT2D eigenvalue weighted by Crippen LogP contribution is 2.20. The number of ketones is 1. The van der Waals surface area contributed by atoms with Crippen LogP contribution < -0.4 is 5.32 Å². The van der Waals surface area contributed by atoms with Crippen LogP contribution in [-0.4, -0.2) is 64.0 Å². The van der Waals surface area contributed by atoms with Crippen LogP contribution in [0.4, 0.5) is 14.9 Å². The molecule has 2 N–H and O–H groups in total. The number of alkyl halides is 1. The van der Waals surface area contributed by atoms with E-state index in [1.54, 1.807) is 6.07 Å². The zero-order chi connectivity index (χ0) is 23.0. The number of Topliss-reactive ketones (excluding diaryl/α,β-unsaturated/α-hetero) is 1. The van der Waals surface area contributed by atoms with Gasteiger partial charge in [-0.1, -0.05) is 12.1 Å². The van der Waals surface area contributed by atoms with Crippen molar-refractivity contribution in [3.05, 3.63) is 39.9 Å². The second kappa shape index (κ2) is 11.0. The van der Waals surface area contributed by atoms with Crippen molar-refractivity contribution in [2.24, 2.45) is 0 Å². The summed E-state index contributed by atoms with van der Waals surface area (Å²) in [6.45, 7) is -1.50. The molecule has 2 atom stereocenters. The molecule has 1 saturated heterocycles. The smallest absolute Gasteiger partial charge is 0.410 e. The van der Waals surface area contributed by atoms with Crippen molar-refractivity contribution in [2.75, 3.05) is 13.2 Å². The van der Waals surface area contributed by atoms with Crippen molar-refractivity contribution in [1.82, 2.24) is 10.2 Å². The summed E-state index contributed by atoms with van der Waals surface area (Å²) in [6, 6.07) is 2.98. The molecule has 1 aliphatic heterocycles. The predicted octanol–water partition coefficient (Wildman–Crippen LogP) is 1.58. The highest BCUT2D eigenvalue weighted by Gasteiger charge is 2.35. The van der Waals surface area contributed by atoms with Gasteiger partial charge in [0.1, 0.15) is 25.4 Å². The van der Waals surface area contributed by atoms with Crippen LogP contribution >= 0.6 is 0 Å². The minimum Gasteiger partial charge on any atom is -0.481 e. The number of rotatable bonds is 9. The van der Waals surface area contributed by atoms with Gasteiger partial charge in [0.2, 0.25) is 5.91 Å². The molecule has 1 aromatic rings. The highest BCUT2D eigenvalue weighted by atomic mass is 19.1. The largest absolute Gasteiger partial charge is 0.481 e. The molecule has 1 aromatic carbocycles. The van der Waals surface area contributed by atoms with Crippen molar-refractivity contribution in [3.8, 4) is 0 Å². The average Bonchev–Trinajstić information content (AvgIpc) is 2.76. The first-order valence-electron chi connectivity index (χ1n) is 9.50. The van der Waals surface area contributed by atoms with Gasteiger partial charge in [-0.3, -0.25) is 29.4 Å². The first-order valence-corrected chi connectivity index (χ1v) is 9.50. The van der Waals surface area contributed by atoms with Gasteiger partial charge in [-0.25, -0.2) is 9.18 Å². The lowest BCUT2D eigenvalue weighted by atomic mass is 10.0. The number of nitrogens with one attached hydrogen (secondary N) is 1. The lowest BCUT2D eigenvalue weighted by Gasteiger charge is -2.34. The molecule has 0 unspecified atom stereocenters. The molecule has 0 aromatic heterocycles. The van der Waals surface area contributed by atoms with Crippen molar-refractivity contribution in [1.29, 1.82) is 0 Å². The molecule has 0 radical (unpaired) electrons. The van der Waals surface area contributed by atoms with Crippen molar-refractivity contribution >= 4 is 29.4 Å². The van der Waals surface area contributed by atoms with Crippen LogP contribution in [0.2, 0.25) is 0 Å². The number of ether oxygens (including phenoxy) is 1. The first kappa shape index (κ1) is 23.7. The van der Waals surface area contributed by atoms with E-state index in [1.807, 2.05) is 0 Å². The minimum absolute atomic E-state index is 0.161. The SMILES string of the molecule is O=C(O)C[C@H](NC(=O)[C@@H]1CCCCN1C(=O)OCc1cccc([N+](=O)[O-])c1)C(=O)CF. The third-order valence-corrected chi connectivity index (χ3v) is 4.74. The van der Waals surface area contributed by atoms with E-state index in [2.05, 4.69) is 5.32 Å². The first-order chi connectivity index (χ1) is 14.7. The Bertz CT molecular complexity index is 862. The molecule has 1 aliphatic rings. The number of nitrogens with zero attached hydrogens (tertiary/aromatic N) is 2. The number of halogens is 1. The number of nitro benzene ring substituents is 1. The fourth-order valence-electron chi connectivity index (χ4n) is 3.19. The number of amides is 2. The summed E-state index contributed by atoms with van der Waals surface area (Å²) in [4.78, 5) is 59.1. The van der Waals surface area contributed by atoms with Gasteiger partial charge in [0, 0.05) is 18.7 Å². The van der Waals surface area contributed by atoms with Crippen LogP contribution in [0.15, 0.2) is 24.3 Å². The van der Waals surface area contributed by atoms with Gasteiger partial charge in [-0.2, -0.15) is 0 Å². The Morgan fingerprint density at radius 2 is 2.06 bits per heavy atom. The summed E-state index contributed by atoms with van der Waals surface area (Å²) < 4.78 is 17.9. The number of carboxylic acids is 1. The molecular weight excluding hydrogens is 417 g/mol. The van der Waals surface area contributed by atoms with E-state index < -0.39 is 53.9 Å². The Morgan fingerprint density at radius 3 is 2.71 bits per heavy atom. The molecule has 2 rings (SSSR count). The van der Waals surface area contributed by atoms with E-state index in [0.717, 1.165) is 4.90 Å². The van der Waals surface area contributed by atoms with E-state index in [9.17, 15) is 33.7 Å². The van der Waals surface area contributed by atoms with Gasteiger partial charge < -0.3 is 15.2 Å². The van der Waals surface area contributed by atoms with Crippen LogP contribution in [0.25, 0.3) is 0 Å². The van der Waals surface area contributed by atoms with E-state index in [1.165, 1.54) is 18.2 Å². The summed E-state index contributed by atoms with van der Waals surface area (Å²) in [6.07, 6.45) is -0.164. The lowest BCUT2D eigenvalue weighted by Crippen LogP contribution is -2.55. The molecule has 0 aliphatic carbocycles. The summed E-state index contributed by atoms with van der Waals surface area (Å²) in [7, 11) is 0. The second-order valence-electron chi connectivity index (χ2n) is 6.95. The summed E-state index contributed by atoms with van der Waals surface area (Å²) in [5.74, 6) is -3.24. The number of benzene rings is 1. The molecule has 12 heteroatoms. The maximum atomic E-state index is 12.7. The van der Waals surface area contributed by atoms with Crippen molar-refractivity contribution < 1.29 is 38.3 Å². The van der Waals surface area contributed by atoms with E-state index >= 15 is 0 Å². The fourth-order valence-corrected chi connectivity index (χ4v) is 3.19. The third kappa shape index (κ3) is 6.73. The summed E-state index contributed by atoms with van der Waals surface area (Å²) in [5.41, 5.74) is 0.224. The summed E-state index contributed by atoms with van der Waals surface area (Å²) >= 11 is 0. The molecule has 0 saturated carbocycles. The Kier molecular flexibility index (Phi) is 8.41. The van der Waals surface area contributed by atoms with E-state index in [-0.39, 0.29) is 25.3 Å². The molecular formula is C19H22FN3O8. The molecule has 31 heavy (non-hydrogen) atoms. The van der Waals surface area contributed by atoms with Crippen LogP contribution in [0.1, 0.15) is 31.2 Å².